The molecule has 0 bridgehead atoms. The molecular formula is C21H30Cl2N4O. The fourth-order valence-electron chi connectivity index (χ4n) is 3.28. The van der Waals surface area contributed by atoms with Gasteiger partial charge >= 0.3 is 0 Å². The number of hydrogen-bond acceptors (Lipinski definition) is 4. The summed E-state index contributed by atoms with van der Waals surface area (Å²) >= 11 is 0. The summed E-state index contributed by atoms with van der Waals surface area (Å²) in [7, 11) is 4.04. The molecule has 1 aromatic carbocycles. The Bertz CT molecular complexity index is 759. The minimum absolute atomic E-state index is 0. The number of aromatic nitrogens is 1. The molecule has 2 heterocycles. The third kappa shape index (κ3) is 6.09. The first-order valence-electron chi connectivity index (χ1n) is 9.19. The van der Waals surface area contributed by atoms with E-state index in [0.29, 0.717) is 12.1 Å². The summed E-state index contributed by atoms with van der Waals surface area (Å²) in [5.74, 6) is -0.0518. The van der Waals surface area contributed by atoms with E-state index in [1.165, 1.54) is 0 Å². The van der Waals surface area contributed by atoms with Gasteiger partial charge in [-0.25, -0.2) is 0 Å². The summed E-state index contributed by atoms with van der Waals surface area (Å²) in [4.78, 5) is 18.9. The van der Waals surface area contributed by atoms with Crippen molar-refractivity contribution >= 4 is 36.4 Å². The predicted octanol–water partition coefficient (Wildman–Crippen LogP) is 3.78. The molecule has 0 aliphatic carbocycles. The van der Waals surface area contributed by atoms with Crippen LogP contribution in [0.15, 0.2) is 42.7 Å². The molecule has 1 saturated heterocycles. The van der Waals surface area contributed by atoms with Crippen molar-refractivity contribution in [1.29, 1.82) is 0 Å². The minimum Gasteiger partial charge on any atom is -0.378 e. The molecule has 2 N–H and O–H groups in total. The van der Waals surface area contributed by atoms with Gasteiger partial charge in [-0.15, -0.1) is 24.8 Å². The van der Waals surface area contributed by atoms with Crippen molar-refractivity contribution < 1.29 is 4.79 Å². The first kappa shape index (κ1) is 24.2. The Hall–Kier alpha value is -1.82. The van der Waals surface area contributed by atoms with E-state index in [9.17, 15) is 4.79 Å². The van der Waals surface area contributed by atoms with E-state index in [0.717, 1.165) is 42.7 Å². The van der Waals surface area contributed by atoms with Crippen LogP contribution in [0.2, 0.25) is 0 Å². The highest BCUT2D eigenvalue weighted by Crippen LogP contribution is 2.27. The lowest BCUT2D eigenvalue weighted by atomic mass is 9.81. The molecule has 1 aromatic heterocycles. The fourth-order valence-corrected chi connectivity index (χ4v) is 3.28. The van der Waals surface area contributed by atoms with Crippen LogP contribution in [0.4, 0.5) is 5.69 Å². The van der Waals surface area contributed by atoms with Crippen molar-refractivity contribution in [2.45, 2.75) is 19.8 Å². The molecule has 3 rings (SSSR count). The van der Waals surface area contributed by atoms with Gasteiger partial charge in [0.2, 0.25) is 0 Å². The standard InChI is InChI=1S/C21H28N4O.2ClH/c1-21(8-10-22-11-9-21)15-24-20(26)18-12-17(13-23-14-18)16-4-6-19(7-5-16)25(2)3;;/h4-7,12-14,22H,8-11,15H2,1-3H3,(H,24,26);2*1H. The van der Waals surface area contributed by atoms with Crippen LogP contribution in [0.25, 0.3) is 11.1 Å². The summed E-state index contributed by atoms with van der Waals surface area (Å²) < 4.78 is 0. The normalized spacial score (nSPS) is 15.0. The number of carbonyl (C=O) groups excluding carboxylic acids is 1. The largest absolute Gasteiger partial charge is 0.378 e. The number of pyridine rings is 1. The molecular weight excluding hydrogens is 395 g/mol. The van der Waals surface area contributed by atoms with Crippen molar-refractivity contribution in [3.8, 4) is 11.1 Å². The van der Waals surface area contributed by atoms with Gasteiger partial charge in [-0.3, -0.25) is 9.78 Å². The first-order valence-corrected chi connectivity index (χ1v) is 9.19. The number of halogens is 2. The zero-order valence-corrected chi connectivity index (χ0v) is 18.3. The molecule has 0 spiro atoms. The Balaban J connectivity index is 0.00000196. The second kappa shape index (κ2) is 10.6. The van der Waals surface area contributed by atoms with E-state index >= 15 is 0 Å². The van der Waals surface area contributed by atoms with Crippen molar-refractivity contribution in [2.75, 3.05) is 38.6 Å². The maximum absolute atomic E-state index is 12.6. The van der Waals surface area contributed by atoms with Crippen LogP contribution in [0.5, 0.6) is 0 Å². The predicted molar refractivity (Wildman–Crippen MR) is 121 cm³/mol. The number of hydrogen-bond donors (Lipinski definition) is 2. The van der Waals surface area contributed by atoms with Crippen LogP contribution in [-0.4, -0.2) is 44.6 Å². The number of benzene rings is 1. The van der Waals surface area contributed by atoms with Gasteiger partial charge in [0.1, 0.15) is 0 Å². The molecule has 7 heteroatoms. The van der Waals surface area contributed by atoms with Crippen molar-refractivity contribution in [3.05, 3.63) is 48.3 Å². The van der Waals surface area contributed by atoms with Crippen LogP contribution < -0.4 is 15.5 Å². The number of rotatable bonds is 5. The van der Waals surface area contributed by atoms with Gasteiger partial charge in [-0.1, -0.05) is 19.1 Å². The highest BCUT2D eigenvalue weighted by molar-refractivity contribution is 5.95. The topological polar surface area (TPSA) is 57.3 Å². The molecule has 0 unspecified atom stereocenters. The SMILES string of the molecule is CN(C)c1ccc(-c2cncc(C(=O)NCC3(C)CCNCC3)c2)cc1.Cl.Cl. The Morgan fingerprint density at radius 3 is 2.36 bits per heavy atom. The second-order valence-electron chi connectivity index (χ2n) is 7.65. The van der Waals surface area contributed by atoms with Crippen LogP contribution in [0.1, 0.15) is 30.1 Å². The van der Waals surface area contributed by atoms with Gasteiger partial charge in [-0.05, 0) is 55.1 Å². The van der Waals surface area contributed by atoms with Gasteiger partial charge in [0, 0.05) is 44.3 Å². The monoisotopic (exact) mass is 424 g/mol. The van der Waals surface area contributed by atoms with Gasteiger partial charge < -0.3 is 15.5 Å². The van der Waals surface area contributed by atoms with E-state index < -0.39 is 0 Å². The summed E-state index contributed by atoms with van der Waals surface area (Å²) in [5.41, 5.74) is 3.94. The smallest absolute Gasteiger partial charge is 0.252 e. The molecule has 1 fully saturated rings. The van der Waals surface area contributed by atoms with E-state index in [1.54, 1.807) is 12.4 Å². The van der Waals surface area contributed by atoms with E-state index in [2.05, 4.69) is 51.7 Å². The van der Waals surface area contributed by atoms with Crippen LogP contribution in [0.3, 0.4) is 0 Å². The summed E-state index contributed by atoms with van der Waals surface area (Å²) in [6.07, 6.45) is 5.61. The number of piperidine rings is 1. The number of anilines is 1. The van der Waals surface area contributed by atoms with Crippen molar-refractivity contribution in [3.63, 3.8) is 0 Å². The van der Waals surface area contributed by atoms with Gasteiger partial charge in [0.15, 0.2) is 0 Å². The van der Waals surface area contributed by atoms with E-state index in [-0.39, 0.29) is 36.1 Å². The maximum atomic E-state index is 12.6. The molecule has 0 radical (unpaired) electrons. The molecule has 1 amide bonds. The molecule has 1 aliphatic rings. The van der Waals surface area contributed by atoms with Crippen LogP contribution in [0, 0.1) is 5.41 Å². The minimum atomic E-state index is -0.0518. The quantitative estimate of drug-likeness (QED) is 0.766. The third-order valence-corrected chi connectivity index (χ3v) is 5.20. The molecule has 1 aliphatic heterocycles. The van der Waals surface area contributed by atoms with Gasteiger partial charge in [0.05, 0.1) is 5.56 Å². The summed E-state index contributed by atoms with van der Waals surface area (Å²) in [5, 5.41) is 6.47. The lowest BCUT2D eigenvalue weighted by Gasteiger charge is -2.34. The molecule has 5 nitrogen and oxygen atoms in total. The Kier molecular flexibility index (Phi) is 9.21. The van der Waals surface area contributed by atoms with E-state index in [1.807, 2.05) is 20.2 Å². The second-order valence-corrected chi connectivity index (χ2v) is 7.65. The van der Waals surface area contributed by atoms with Crippen molar-refractivity contribution in [2.24, 2.45) is 5.41 Å². The Labute approximate surface area is 180 Å². The van der Waals surface area contributed by atoms with Crippen LogP contribution in [-0.2, 0) is 0 Å². The number of nitrogens with one attached hydrogen (secondary N) is 2. The van der Waals surface area contributed by atoms with Gasteiger partial charge in [-0.2, -0.15) is 0 Å². The Morgan fingerprint density at radius 1 is 1.11 bits per heavy atom. The summed E-state index contributed by atoms with van der Waals surface area (Å²) in [6.45, 7) is 4.99. The molecule has 0 saturated carbocycles. The zero-order valence-electron chi connectivity index (χ0n) is 16.7. The first-order chi connectivity index (χ1) is 12.5. The maximum Gasteiger partial charge on any atom is 0.252 e. The highest BCUT2D eigenvalue weighted by Gasteiger charge is 2.27. The lowest BCUT2D eigenvalue weighted by Crippen LogP contribution is -2.42. The summed E-state index contributed by atoms with van der Waals surface area (Å²) in [6, 6.07) is 10.2. The molecule has 0 atom stereocenters. The third-order valence-electron chi connectivity index (χ3n) is 5.20. The number of carbonyl (C=O) groups is 1. The average molecular weight is 425 g/mol. The van der Waals surface area contributed by atoms with Gasteiger partial charge in [0.25, 0.3) is 5.91 Å². The lowest BCUT2D eigenvalue weighted by molar-refractivity contribution is 0.0922. The van der Waals surface area contributed by atoms with E-state index in [4.69, 9.17) is 0 Å². The highest BCUT2D eigenvalue weighted by atomic mass is 35.5. The Morgan fingerprint density at radius 2 is 1.75 bits per heavy atom. The molecule has 2 aromatic rings. The van der Waals surface area contributed by atoms with Crippen molar-refractivity contribution in [1.82, 2.24) is 15.6 Å². The molecule has 28 heavy (non-hydrogen) atoms. The number of amides is 1. The number of nitrogens with zero attached hydrogens (tertiary/aromatic N) is 2. The zero-order chi connectivity index (χ0) is 18.6. The molecule has 154 valence electrons. The van der Waals surface area contributed by atoms with Crippen LogP contribution >= 0.6 is 24.8 Å². The fraction of sp³-hybridized carbons (Fsp3) is 0.429. The average Bonchev–Trinajstić information content (AvgIpc) is 2.67.